The second-order valence-corrected chi connectivity index (χ2v) is 8.35. The van der Waals surface area contributed by atoms with E-state index in [1.807, 2.05) is 48.5 Å². The highest BCUT2D eigenvalue weighted by Gasteiger charge is 2.45. The minimum Gasteiger partial charge on any atom is -0.593 e. The summed E-state index contributed by atoms with van der Waals surface area (Å²) in [7, 11) is 0. The second kappa shape index (κ2) is 10.3. The lowest BCUT2D eigenvalue weighted by molar-refractivity contribution is -0.139. The van der Waals surface area contributed by atoms with Gasteiger partial charge in [-0.05, 0) is 24.8 Å². The van der Waals surface area contributed by atoms with Crippen LogP contribution in [0.15, 0.2) is 60.7 Å². The molecule has 0 aromatic heterocycles. The van der Waals surface area contributed by atoms with Crippen molar-refractivity contribution in [3.63, 3.8) is 0 Å². The zero-order valence-electron chi connectivity index (χ0n) is 15.9. The Morgan fingerprint density at radius 3 is 2.32 bits per heavy atom. The lowest BCUT2D eigenvalue weighted by Gasteiger charge is -2.38. The van der Waals surface area contributed by atoms with E-state index in [-0.39, 0.29) is 24.3 Å². The SMILES string of the molecule is O=C(CC1CC(=O)N1[S+]([O-])Cc1ccccc1)NCCCCc1ccccc1. The van der Waals surface area contributed by atoms with Gasteiger partial charge in [-0.15, -0.1) is 0 Å². The molecule has 1 fully saturated rings. The summed E-state index contributed by atoms with van der Waals surface area (Å²) in [4.78, 5) is 24.1. The molecule has 28 heavy (non-hydrogen) atoms. The van der Waals surface area contributed by atoms with Gasteiger partial charge in [-0.25, -0.2) is 0 Å². The summed E-state index contributed by atoms with van der Waals surface area (Å²) < 4.78 is 13.9. The van der Waals surface area contributed by atoms with Gasteiger partial charge in [0.2, 0.25) is 5.91 Å². The minimum absolute atomic E-state index is 0.0843. The highest BCUT2D eigenvalue weighted by Crippen LogP contribution is 2.28. The lowest BCUT2D eigenvalue weighted by Crippen LogP contribution is -2.57. The average Bonchev–Trinajstić information content (AvgIpc) is 2.68. The monoisotopic (exact) mass is 398 g/mol. The molecule has 0 radical (unpaired) electrons. The molecule has 148 valence electrons. The summed E-state index contributed by atoms with van der Waals surface area (Å²) in [6.07, 6.45) is 3.43. The summed E-state index contributed by atoms with van der Waals surface area (Å²) in [5, 5.41) is 2.92. The van der Waals surface area contributed by atoms with Crippen molar-refractivity contribution in [3.05, 3.63) is 71.8 Å². The molecule has 2 atom stereocenters. The molecule has 2 aromatic carbocycles. The maximum atomic E-state index is 12.5. The van der Waals surface area contributed by atoms with Crippen LogP contribution in [0.2, 0.25) is 0 Å². The number of nitrogens with zero attached hydrogens (tertiary/aromatic N) is 1. The van der Waals surface area contributed by atoms with Gasteiger partial charge in [0.25, 0.3) is 5.91 Å². The zero-order chi connectivity index (χ0) is 19.8. The number of aryl methyl sites for hydroxylation is 1. The van der Waals surface area contributed by atoms with E-state index < -0.39 is 11.4 Å². The van der Waals surface area contributed by atoms with Crippen LogP contribution >= 0.6 is 0 Å². The van der Waals surface area contributed by atoms with Crippen LogP contribution in [-0.2, 0) is 33.1 Å². The number of hydrogen-bond acceptors (Lipinski definition) is 3. The van der Waals surface area contributed by atoms with Gasteiger partial charge in [0.15, 0.2) is 5.75 Å². The number of nitrogens with one attached hydrogen (secondary N) is 1. The molecule has 1 saturated heterocycles. The van der Waals surface area contributed by atoms with Crippen molar-refractivity contribution >= 4 is 23.2 Å². The van der Waals surface area contributed by atoms with Crippen LogP contribution in [0.1, 0.15) is 36.8 Å². The molecule has 0 bridgehead atoms. The second-order valence-electron chi connectivity index (χ2n) is 7.03. The van der Waals surface area contributed by atoms with Gasteiger partial charge in [-0.1, -0.05) is 60.7 Å². The van der Waals surface area contributed by atoms with Crippen molar-refractivity contribution in [3.8, 4) is 0 Å². The normalized spacial score (nSPS) is 17.1. The standard InChI is InChI=1S/C22H26N2O3S/c25-21(23-14-8-7-11-18-9-3-1-4-10-18)15-20-16-22(26)24(20)28(27)17-19-12-5-2-6-13-19/h1-6,9-10,12-13,20H,7-8,11,14-17H2,(H,23,25). The number of rotatable bonds is 10. The fraction of sp³-hybridized carbons (Fsp3) is 0.364. The van der Waals surface area contributed by atoms with Crippen molar-refractivity contribution in [2.24, 2.45) is 0 Å². The van der Waals surface area contributed by atoms with Crippen molar-refractivity contribution in [1.82, 2.24) is 9.62 Å². The molecule has 1 N–H and O–H groups in total. The van der Waals surface area contributed by atoms with E-state index in [4.69, 9.17) is 0 Å². The number of carbonyl (C=O) groups excluding carboxylic acids is 2. The summed E-state index contributed by atoms with van der Waals surface area (Å²) in [5.74, 6) is 0.0679. The van der Waals surface area contributed by atoms with Gasteiger partial charge in [-0.3, -0.25) is 9.59 Å². The molecule has 5 nitrogen and oxygen atoms in total. The van der Waals surface area contributed by atoms with E-state index >= 15 is 0 Å². The van der Waals surface area contributed by atoms with Crippen LogP contribution in [-0.4, -0.2) is 33.3 Å². The summed E-state index contributed by atoms with van der Waals surface area (Å²) >= 11 is -1.43. The largest absolute Gasteiger partial charge is 0.593 e. The van der Waals surface area contributed by atoms with Gasteiger partial charge in [0.1, 0.15) is 0 Å². The van der Waals surface area contributed by atoms with Crippen LogP contribution < -0.4 is 5.32 Å². The first-order chi connectivity index (χ1) is 13.6. The summed E-state index contributed by atoms with van der Waals surface area (Å²) in [5.41, 5.74) is 2.22. The highest BCUT2D eigenvalue weighted by molar-refractivity contribution is 7.89. The molecule has 0 saturated carbocycles. The Kier molecular flexibility index (Phi) is 7.51. The first-order valence-electron chi connectivity index (χ1n) is 9.68. The predicted molar refractivity (Wildman–Crippen MR) is 111 cm³/mol. The molecule has 0 aliphatic carbocycles. The smallest absolute Gasteiger partial charge is 0.266 e. The van der Waals surface area contributed by atoms with Gasteiger partial charge in [0.05, 0.1) is 30.2 Å². The molecule has 2 amide bonds. The molecule has 3 rings (SSSR count). The maximum Gasteiger partial charge on any atom is 0.266 e. The van der Waals surface area contributed by atoms with E-state index in [1.165, 1.54) is 9.87 Å². The number of carbonyl (C=O) groups is 2. The fourth-order valence-corrected chi connectivity index (χ4v) is 4.70. The Balaban J connectivity index is 1.35. The maximum absolute atomic E-state index is 12.5. The Bertz CT molecular complexity index is 770. The number of benzene rings is 2. The van der Waals surface area contributed by atoms with Crippen LogP contribution in [0.25, 0.3) is 0 Å². The van der Waals surface area contributed by atoms with Gasteiger partial charge in [0, 0.05) is 12.1 Å². The van der Waals surface area contributed by atoms with Crippen molar-refractivity contribution in [2.75, 3.05) is 6.54 Å². The van der Waals surface area contributed by atoms with Crippen molar-refractivity contribution in [1.29, 1.82) is 0 Å². The third-order valence-electron chi connectivity index (χ3n) is 4.82. The van der Waals surface area contributed by atoms with E-state index in [1.54, 1.807) is 0 Å². The zero-order valence-corrected chi connectivity index (χ0v) is 16.7. The van der Waals surface area contributed by atoms with E-state index in [9.17, 15) is 14.1 Å². The molecule has 2 unspecified atom stereocenters. The first kappa shape index (κ1) is 20.4. The molecular formula is C22H26N2O3S. The van der Waals surface area contributed by atoms with Gasteiger partial charge in [-0.2, -0.15) is 4.31 Å². The summed E-state index contributed by atoms with van der Waals surface area (Å²) in [6.45, 7) is 0.624. The number of hydrogen-bond donors (Lipinski definition) is 1. The van der Waals surface area contributed by atoms with Gasteiger partial charge >= 0.3 is 0 Å². The van der Waals surface area contributed by atoms with Crippen molar-refractivity contribution < 1.29 is 14.1 Å². The molecule has 1 aliphatic heterocycles. The van der Waals surface area contributed by atoms with Crippen LogP contribution in [0.4, 0.5) is 0 Å². The summed E-state index contributed by atoms with van der Waals surface area (Å²) in [6, 6.07) is 19.5. The van der Waals surface area contributed by atoms with Crippen LogP contribution in [0.5, 0.6) is 0 Å². The third-order valence-corrected chi connectivity index (χ3v) is 6.34. The van der Waals surface area contributed by atoms with Crippen molar-refractivity contribution in [2.45, 2.75) is 43.9 Å². The Hall–Kier alpha value is -2.31. The average molecular weight is 399 g/mol. The van der Waals surface area contributed by atoms with E-state index in [2.05, 4.69) is 17.4 Å². The van der Waals surface area contributed by atoms with Gasteiger partial charge < -0.3 is 9.87 Å². The first-order valence-corrected chi connectivity index (χ1v) is 11.0. The fourth-order valence-electron chi connectivity index (χ4n) is 3.30. The molecular weight excluding hydrogens is 372 g/mol. The number of amides is 2. The topological polar surface area (TPSA) is 72.5 Å². The lowest BCUT2D eigenvalue weighted by atomic mass is 10.0. The molecule has 1 heterocycles. The highest BCUT2D eigenvalue weighted by atomic mass is 32.2. The molecule has 2 aromatic rings. The minimum atomic E-state index is -1.43. The molecule has 0 spiro atoms. The molecule has 6 heteroatoms. The van der Waals surface area contributed by atoms with E-state index in [0.29, 0.717) is 18.7 Å². The van der Waals surface area contributed by atoms with Crippen LogP contribution in [0.3, 0.4) is 0 Å². The quantitative estimate of drug-likeness (QED) is 0.380. The van der Waals surface area contributed by atoms with Crippen LogP contribution in [0, 0.1) is 0 Å². The van der Waals surface area contributed by atoms with E-state index in [0.717, 1.165) is 24.8 Å². The number of unbranched alkanes of at least 4 members (excludes halogenated alkanes) is 1. The Labute approximate surface area is 169 Å². The predicted octanol–water partition coefficient (Wildman–Crippen LogP) is 2.98. The Morgan fingerprint density at radius 2 is 1.68 bits per heavy atom. The molecule has 1 aliphatic rings. The number of β-lactam (4-membered cyclic amide) rings is 1. The third kappa shape index (κ3) is 5.84. The Morgan fingerprint density at radius 1 is 1.04 bits per heavy atom.